The van der Waals surface area contributed by atoms with Gasteiger partial charge in [-0.2, -0.15) is 18.4 Å². The number of hydrogen-bond donors (Lipinski definition) is 1. The SMILES string of the molecule is CCCN(CC(F)(F)F)CC(C#N)(NC1CC1)C1CC1. The van der Waals surface area contributed by atoms with E-state index in [9.17, 15) is 18.4 Å². The van der Waals surface area contributed by atoms with Crippen molar-refractivity contribution < 1.29 is 13.2 Å². The number of halogens is 3. The third-order valence-corrected chi connectivity index (χ3v) is 3.93. The summed E-state index contributed by atoms with van der Waals surface area (Å²) in [5.41, 5.74) is -0.790. The van der Waals surface area contributed by atoms with Crippen LogP contribution in [-0.4, -0.2) is 42.3 Å². The first-order valence-electron chi connectivity index (χ1n) is 7.36. The molecule has 0 aliphatic heterocycles. The van der Waals surface area contributed by atoms with Gasteiger partial charge in [0.15, 0.2) is 0 Å². The van der Waals surface area contributed by atoms with Crippen LogP contribution < -0.4 is 5.32 Å². The Bertz CT molecular complexity index is 369. The molecule has 3 nitrogen and oxygen atoms in total. The largest absolute Gasteiger partial charge is 0.401 e. The lowest BCUT2D eigenvalue weighted by molar-refractivity contribution is -0.147. The lowest BCUT2D eigenvalue weighted by Crippen LogP contribution is -2.56. The van der Waals surface area contributed by atoms with Gasteiger partial charge < -0.3 is 0 Å². The minimum absolute atomic E-state index is 0.179. The van der Waals surface area contributed by atoms with Gasteiger partial charge in [-0.3, -0.25) is 10.2 Å². The van der Waals surface area contributed by atoms with Crippen molar-refractivity contribution in [3.05, 3.63) is 0 Å². The predicted molar refractivity (Wildman–Crippen MR) is 70.0 cm³/mol. The molecule has 0 radical (unpaired) electrons. The summed E-state index contributed by atoms with van der Waals surface area (Å²) in [4.78, 5) is 1.39. The molecule has 2 rings (SSSR count). The van der Waals surface area contributed by atoms with Gasteiger partial charge >= 0.3 is 6.18 Å². The van der Waals surface area contributed by atoms with Gasteiger partial charge in [-0.15, -0.1) is 0 Å². The van der Waals surface area contributed by atoms with Crippen LogP contribution in [0.1, 0.15) is 39.0 Å². The highest BCUT2D eigenvalue weighted by atomic mass is 19.4. The van der Waals surface area contributed by atoms with Gasteiger partial charge in [0.1, 0.15) is 5.54 Å². The smallest absolute Gasteiger partial charge is 0.295 e. The maximum absolute atomic E-state index is 12.7. The Morgan fingerprint density at radius 1 is 1.20 bits per heavy atom. The van der Waals surface area contributed by atoms with Crippen LogP contribution in [0.5, 0.6) is 0 Å². The van der Waals surface area contributed by atoms with E-state index < -0.39 is 18.3 Å². The van der Waals surface area contributed by atoms with Crippen LogP contribution in [0.2, 0.25) is 0 Å². The van der Waals surface area contributed by atoms with Crippen molar-refractivity contribution in [2.75, 3.05) is 19.6 Å². The highest BCUT2D eigenvalue weighted by Gasteiger charge is 2.49. The molecular weight excluding hydrogens is 267 g/mol. The van der Waals surface area contributed by atoms with Gasteiger partial charge in [0, 0.05) is 12.6 Å². The van der Waals surface area contributed by atoms with E-state index >= 15 is 0 Å². The fourth-order valence-electron chi connectivity index (χ4n) is 2.76. The maximum Gasteiger partial charge on any atom is 0.401 e. The molecule has 1 N–H and O–H groups in total. The Morgan fingerprint density at radius 2 is 1.85 bits per heavy atom. The van der Waals surface area contributed by atoms with Crippen LogP contribution in [0.25, 0.3) is 0 Å². The standard InChI is InChI=1S/C14H22F3N3/c1-2-7-20(10-14(15,16)17)9-13(8-18,11-3-4-11)19-12-5-6-12/h11-12,19H,2-7,9-10H2,1H3. The zero-order chi connectivity index (χ0) is 14.8. The zero-order valence-corrected chi connectivity index (χ0v) is 11.8. The lowest BCUT2D eigenvalue weighted by atomic mass is 9.93. The van der Waals surface area contributed by atoms with Crippen LogP contribution >= 0.6 is 0 Å². The third kappa shape index (κ3) is 4.35. The van der Waals surface area contributed by atoms with Crippen molar-refractivity contribution in [3.63, 3.8) is 0 Å². The molecule has 114 valence electrons. The van der Waals surface area contributed by atoms with E-state index in [-0.39, 0.29) is 12.5 Å². The van der Waals surface area contributed by atoms with Crippen LogP contribution in [0, 0.1) is 17.2 Å². The molecule has 2 fully saturated rings. The first kappa shape index (κ1) is 15.6. The van der Waals surface area contributed by atoms with Crippen molar-refractivity contribution in [2.45, 2.75) is 56.8 Å². The Labute approximate surface area is 118 Å². The van der Waals surface area contributed by atoms with Crippen molar-refractivity contribution in [2.24, 2.45) is 5.92 Å². The van der Waals surface area contributed by atoms with Crippen LogP contribution in [0.3, 0.4) is 0 Å². The molecule has 0 aromatic rings. The summed E-state index contributed by atoms with van der Waals surface area (Å²) in [6, 6.07) is 2.63. The molecule has 0 heterocycles. The van der Waals surface area contributed by atoms with Crippen molar-refractivity contribution in [1.82, 2.24) is 10.2 Å². The van der Waals surface area contributed by atoms with E-state index in [1.165, 1.54) is 4.90 Å². The third-order valence-electron chi connectivity index (χ3n) is 3.93. The number of rotatable bonds is 8. The molecule has 0 saturated heterocycles. The molecule has 0 spiro atoms. The summed E-state index contributed by atoms with van der Waals surface area (Å²) in [5.74, 6) is 0.209. The normalized spacial score (nSPS) is 22.6. The molecule has 1 unspecified atom stereocenters. The highest BCUT2D eigenvalue weighted by Crippen LogP contribution is 2.42. The second kappa shape index (κ2) is 5.90. The van der Waals surface area contributed by atoms with E-state index in [0.717, 1.165) is 25.7 Å². The molecule has 1 atom stereocenters. The summed E-state index contributed by atoms with van der Waals surface area (Å²) in [6.07, 6.45) is 0.399. The van der Waals surface area contributed by atoms with Gasteiger partial charge in [-0.25, -0.2) is 0 Å². The molecule has 2 saturated carbocycles. The van der Waals surface area contributed by atoms with Crippen LogP contribution in [-0.2, 0) is 0 Å². The molecular formula is C14H22F3N3. The van der Waals surface area contributed by atoms with Gasteiger partial charge in [0.25, 0.3) is 0 Å². The first-order valence-corrected chi connectivity index (χ1v) is 7.36. The lowest BCUT2D eigenvalue weighted by Gasteiger charge is -2.35. The Morgan fingerprint density at radius 3 is 2.25 bits per heavy atom. The highest BCUT2D eigenvalue weighted by molar-refractivity contribution is 5.18. The minimum Gasteiger partial charge on any atom is -0.295 e. The van der Waals surface area contributed by atoms with E-state index in [4.69, 9.17) is 0 Å². The number of nitrogens with zero attached hydrogens (tertiary/aromatic N) is 2. The molecule has 2 aliphatic rings. The van der Waals surface area contributed by atoms with Gasteiger partial charge in [-0.1, -0.05) is 6.92 Å². The fourth-order valence-corrected chi connectivity index (χ4v) is 2.76. The number of alkyl halides is 3. The molecule has 6 heteroatoms. The van der Waals surface area contributed by atoms with Crippen LogP contribution in [0.15, 0.2) is 0 Å². The summed E-state index contributed by atoms with van der Waals surface area (Å²) in [6.45, 7) is 1.49. The van der Waals surface area contributed by atoms with E-state index in [2.05, 4.69) is 11.4 Å². The average Bonchev–Trinajstić information content (AvgIpc) is 3.19. The van der Waals surface area contributed by atoms with Crippen molar-refractivity contribution >= 4 is 0 Å². The van der Waals surface area contributed by atoms with Gasteiger partial charge in [0.2, 0.25) is 0 Å². The van der Waals surface area contributed by atoms with Crippen molar-refractivity contribution in [1.29, 1.82) is 5.26 Å². The molecule has 20 heavy (non-hydrogen) atoms. The molecule has 2 aliphatic carbocycles. The second-order valence-electron chi connectivity index (χ2n) is 6.10. The van der Waals surface area contributed by atoms with Gasteiger partial charge in [-0.05, 0) is 44.6 Å². The fraction of sp³-hybridized carbons (Fsp3) is 0.929. The maximum atomic E-state index is 12.7. The Balaban J connectivity index is 2.04. The zero-order valence-electron chi connectivity index (χ0n) is 11.8. The van der Waals surface area contributed by atoms with Crippen LogP contribution in [0.4, 0.5) is 13.2 Å². The Hall–Kier alpha value is -0.800. The molecule has 0 aromatic carbocycles. The minimum atomic E-state index is -4.21. The first-order chi connectivity index (χ1) is 9.38. The van der Waals surface area contributed by atoms with Gasteiger partial charge in [0.05, 0.1) is 12.6 Å². The predicted octanol–water partition coefficient (Wildman–Crippen LogP) is 2.69. The van der Waals surface area contributed by atoms with E-state index in [1.807, 2.05) is 6.92 Å². The monoisotopic (exact) mass is 289 g/mol. The number of hydrogen-bond acceptors (Lipinski definition) is 3. The number of nitrogens with one attached hydrogen (secondary N) is 1. The second-order valence-corrected chi connectivity index (χ2v) is 6.10. The summed E-state index contributed by atoms with van der Waals surface area (Å²) in [5, 5.41) is 12.9. The summed E-state index contributed by atoms with van der Waals surface area (Å²) >= 11 is 0. The Kier molecular flexibility index (Phi) is 4.60. The molecule has 0 aromatic heterocycles. The number of nitriles is 1. The summed E-state index contributed by atoms with van der Waals surface area (Å²) < 4.78 is 38.0. The topological polar surface area (TPSA) is 39.1 Å². The summed E-state index contributed by atoms with van der Waals surface area (Å²) in [7, 11) is 0. The average molecular weight is 289 g/mol. The molecule has 0 amide bonds. The quantitative estimate of drug-likeness (QED) is 0.746. The van der Waals surface area contributed by atoms with Crippen molar-refractivity contribution in [3.8, 4) is 6.07 Å². The molecule has 0 bridgehead atoms. The van der Waals surface area contributed by atoms with E-state index in [1.54, 1.807) is 0 Å². The van der Waals surface area contributed by atoms with E-state index in [0.29, 0.717) is 19.0 Å².